The fourth-order valence-electron chi connectivity index (χ4n) is 4.64. The van der Waals surface area contributed by atoms with Gasteiger partial charge in [-0.15, -0.1) is 0 Å². The zero-order valence-electron chi connectivity index (χ0n) is 19.2. The number of nitrogens with zero attached hydrogens (tertiary/aromatic N) is 3. The number of para-hydroxylation sites is 1. The Morgan fingerprint density at radius 2 is 1.91 bits per heavy atom. The number of carbonyl (C=O) groups is 2. The first kappa shape index (κ1) is 22.1. The number of carbonyl (C=O) groups excluding carboxylic acids is 2. The van der Waals surface area contributed by atoms with Crippen LogP contribution in [0.2, 0.25) is 0 Å². The minimum absolute atomic E-state index is 0.0236. The van der Waals surface area contributed by atoms with E-state index >= 15 is 0 Å². The molecule has 1 N–H and O–H groups in total. The molecule has 2 aliphatic rings. The molecule has 1 atom stereocenters. The Kier molecular flexibility index (Phi) is 6.02. The van der Waals surface area contributed by atoms with Gasteiger partial charge in [-0.05, 0) is 55.3 Å². The molecule has 174 valence electrons. The summed E-state index contributed by atoms with van der Waals surface area (Å²) in [6.07, 6.45) is 2.47. The lowest BCUT2D eigenvalue weighted by molar-refractivity contribution is -0.137. The van der Waals surface area contributed by atoms with Gasteiger partial charge in [0.2, 0.25) is 0 Å². The van der Waals surface area contributed by atoms with Crippen LogP contribution in [0.5, 0.6) is 0 Å². The molecule has 2 saturated heterocycles. The summed E-state index contributed by atoms with van der Waals surface area (Å²) in [7, 11) is 0. The molecule has 7 nitrogen and oxygen atoms in total. The molecule has 2 aliphatic heterocycles. The Morgan fingerprint density at radius 1 is 1.09 bits per heavy atom. The molecular weight excluding hydrogens is 428 g/mol. The van der Waals surface area contributed by atoms with E-state index in [2.05, 4.69) is 10.3 Å². The van der Waals surface area contributed by atoms with Crippen LogP contribution in [0.1, 0.15) is 28.0 Å². The van der Waals surface area contributed by atoms with Crippen molar-refractivity contribution in [2.45, 2.75) is 25.5 Å². The zero-order chi connectivity index (χ0) is 23.5. The number of hydrogen-bond acceptors (Lipinski definition) is 5. The predicted molar refractivity (Wildman–Crippen MR) is 131 cm³/mol. The first-order valence-corrected chi connectivity index (χ1v) is 11.6. The summed E-state index contributed by atoms with van der Waals surface area (Å²) in [4.78, 5) is 33.9. The number of hydrogen-bond donors (Lipinski definition) is 1. The summed E-state index contributed by atoms with van der Waals surface area (Å²) in [6.45, 7) is 4.15. The second-order valence-electron chi connectivity index (χ2n) is 8.97. The van der Waals surface area contributed by atoms with Crippen LogP contribution in [0.4, 0.5) is 11.4 Å². The highest BCUT2D eigenvalue weighted by molar-refractivity contribution is 5.96. The van der Waals surface area contributed by atoms with Crippen LogP contribution in [-0.2, 0) is 16.1 Å². The minimum atomic E-state index is -0.538. The van der Waals surface area contributed by atoms with E-state index < -0.39 is 5.60 Å². The van der Waals surface area contributed by atoms with Crippen LogP contribution in [0.25, 0.3) is 0 Å². The van der Waals surface area contributed by atoms with Crippen molar-refractivity contribution in [3.05, 3.63) is 89.7 Å². The molecule has 34 heavy (non-hydrogen) atoms. The first-order chi connectivity index (χ1) is 16.5. The number of nitrogens with one attached hydrogen (secondary N) is 1. The monoisotopic (exact) mass is 456 g/mol. The summed E-state index contributed by atoms with van der Waals surface area (Å²) in [6, 6.07) is 21.2. The van der Waals surface area contributed by atoms with Gasteiger partial charge < -0.3 is 19.9 Å². The van der Waals surface area contributed by atoms with Crippen LogP contribution in [0, 0.1) is 6.92 Å². The Morgan fingerprint density at radius 3 is 2.71 bits per heavy atom. The number of likely N-dealkylation sites (tertiary alicyclic amines) is 1. The maximum atomic E-state index is 13.4. The van der Waals surface area contributed by atoms with Gasteiger partial charge in [0, 0.05) is 29.7 Å². The van der Waals surface area contributed by atoms with Crippen molar-refractivity contribution in [1.82, 2.24) is 9.88 Å². The topological polar surface area (TPSA) is 74.8 Å². The number of ether oxygens (including phenoxy) is 1. The number of rotatable bonds is 5. The quantitative estimate of drug-likeness (QED) is 0.634. The number of aryl methyl sites for hydroxylation is 1. The summed E-state index contributed by atoms with van der Waals surface area (Å²) < 4.78 is 6.03. The molecule has 0 bridgehead atoms. The molecule has 7 heteroatoms. The third-order valence-electron chi connectivity index (χ3n) is 6.59. The van der Waals surface area contributed by atoms with Crippen molar-refractivity contribution in [3.63, 3.8) is 0 Å². The third-order valence-corrected chi connectivity index (χ3v) is 6.59. The van der Waals surface area contributed by atoms with Crippen LogP contribution in [0.3, 0.4) is 0 Å². The second kappa shape index (κ2) is 9.27. The Bertz CT molecular complexity index is 1180. The second-order valence-corrected chi connectivity index (χ2v) is 8.97. The number of amides is 2. The molecule has 1 spiro atoms. The van der Waals surface area contributed by atoms with Gasteiger partial charge >= 0.3 is 0 Å². The minimum Gasteiger partial charge on any atom is -0.379 e. The van der Waals surface area contributed by atoms with Crippen molar-refractivity contribution in [2.24, 2.45) is 0 Å². The van der Waals surface area contributed by atoms with Gasteiger partial charge in [0.1, 0.15) is 12.2 Å². The highest BCUT2D eigenvalue weighted by Crippen LogP contribution is 2.33. The van der Waals surface area contributed by atoms with Gasteiger partial charge in [0.15, 0.2) is 0 Å². The number of aromatic nitrogens is 1. The fraction of sp³-hybridized carbons (Fsp3) is 0.296. The van der Waals surface area contributed by atoms with Gasteiger partial charge in [-0.3, -0.25) is 14.6 Å². The predicted octanol–water partition coefficient (Wildman–Crippen LogP) is 3.65. The maximum Gasteiger partial charge on any atom is 0.254 e. The average molecular weight is 457 g/mol. The average Bonchev–Trinajstić information content (AvgIpc) is 3.29. The number of pyridine rings is 1. The number of benzene rings is 2. The van der Waals surface area contributed by atoms with E-state index in [1.54, 1.807) is 11.1 Å². The SMILES string of the molecule is Cc1ccc(C(=O)N2CC[C@]3(C2)CN(c2ccccc2)C(=O)CO3)cc1NCc1ccccn1. The van der Waals surface area contributed by atoms with Gasteiger partial charge in [-0.2, -0.15) is 0 Å². The van der Waals surface area contributed by atoms with Crippen LogP contribution >= 0.6 is 0 Å². The van der Waals surface area contributed by atoms with E-state index in [1.807, 2.05) is 78.6 Å². The molecule has 0 aliphatic carbocycles. The summed E-state index contributed by atoms with van der Waals surface area (Å²) in [5, 5.41) is 3.40. The van der Waals surface area contributed by atoms with Crippen molar-refractivity contribution in [3.8, 4) is 0 Å². The molecule has 5 rings (SSSR count). The van der Waals surface area contributed by atoms with Crippen molar-refractivity contribution < 1.29 is 14.3 Å². The van der Waals surface area contributed by atoms with E-state index in [1.165, 1.54) is 0 Å². The third kappa shape index (κ3) is 4.52. The van der Waals surface area contributed by atoms with E-state index in [0.29, 0.717) is 38.2 Å². The first-order valence-electron chi connectivity index (χ1n) is 11.6. The normalized spacial score (nSPS) is 20.1. The zero-order valence-corrected chi connectivity index (χ0v) is 19.2. The molecule has 0 saturated carbocycles. The van der Waals surface area contributed by atoms with Crippen LogP contribution < -0.4 is 10.2 Å². The van der Waals surface area contributed by atoms with Gasteiger partial charge in [-0.1, -0.05) is 30.3 Å². The van der Waals surface area contributed by atoms with Crippen LogP contribution in [-0.4, -0.2) is 53.5 Å². The highest BCUT2D eigenvalue weighted by atomic mass is 16.5. The lowest BCUT2D eigenvalue weighted by Gasteiger charge is -2.40. The van der Waals surface area contributed by atoms with Crippen LogP contribution in [0.15, 0.2) is 72.9 Å². The maximum absolute atomic E-state index is 13.4. The molecule has 2 fully saturated rings. The van der Waals surface area contributed by atoms with Gasteiger partial charge in [-0.25, -0.2) is 0 Å². The highest BCUT2D eigenvalue weighted by Gasteiger charge is 2.46. The molecule has 0 radical (unpaired) electrons. The number of anilines is 2. The molecule has 2 amide bonds. The molecule has 2 aromatic carbocycles. The Hall–Kier alpha value is -3.71. The van der Waals surface area contributed by atoms with Gasteiger partial charge in [0.25, 0.3) is 11.8 Å². The molecule has 3 aromatic rings. The summed E-state index contributed by atoms with van der Waals surface area (Å²) in [5.41, 5.74) is 3.88. The molecular formula is C27H28N4O3. The fourth-order valence-corrected chi connectivity index (χ4v) is 4.64. The van der Waals surface area contributed by atoms with Gasteiger partial charge in [0.05, 0.1) is 25.3 Å². The lowest BCUT2D eigenvalue weighted by Crippen LogP contribution is -2.56. The molecule has 0 unspecified atom stereocenters. The van der Waals surface area contributed by atoms with E-state index in [-0.39, 0.29) is 18.4 Å². The van der Waals surface area contributed by atoms with E-state index in [4.69, 9.17) is 4.74 Å². The standard InChI is InChI=1S/C27H28N4O3/c1-20-10-11-21(15-24(20)29-16-22-7-5-6-13-28-22)26(33)30-14-12-27(18-30)19-31(25(32)17-34-27)23-8-3-2-4-9-23/h2-11,13,15,29H,12,14,16-19H2,1H3/t27-/m0/s1. The summed E-state index contributed by atoms with van der Waals surface area (Å²) >= 11 is 0. The van der Waals surface area contributed by atoms with Crippen molar-refractivity contribution in [2.75, 3.05) is 36.5 Å². The van der Waals surface area contributed by atoms with Crippen molar-refractivity contribution in [1.29, 1.82) is 0 Å². The molecule has 1 aromatic heterocycles. The lowest BCUT2D eigenvalue weighted by atomic mass is 10.00. The van der Waals surface area contributed by atoms with Crippen molar-refractivity contribution >= 4 is 23.2 Å². The van der Waals surface area contributed by atoms with E-state index in [0.717, 1.165) is 22.6 Å². The Labute approximate surface area is 199 Å². The Balaban J connectivity index is 1.28. The van der Waals surface area contributed by atoms with E-state index in [9.17, 15) is 9.59 Å². The number of morpholine rings is 1. The smallest absolute Gasteiger partial charge is 0.254 e. The largest absolute Gasteiger partial charge is 0.379 e. The molecule has 3 heterocycles. The summed E-state index contributed by atoms with van der Waals surface area (Å²) in [5.74, 6) is -0.0757.